The molecule has 29 heavy (non-hydrogen) atoms. The van der Waals surface area contributed by atoms with E-state index >= 15 is 0 Å². The summed E-state index contributed by atoms with van der Waals surface area (Å²) in [5.74, 6) is -0.492. The number of amides is 1. The van der Waals surface area contributed by atoms with Crippen LogP contribution >= 0.6 is 0 Å². The van der Waals surface area contributed by atoms with Crippen molar-refractivity contribution in [3.8, 4) is 5.69 Å². The van der Waals surface area contributed by atoms with Gasteiger partial charge < -0.3 is 10.0 Å². The molecular weight excluding hydrogens is 371 g/mol. The van der Waals surface area contributed by atoms with Crippen molar-refractivity contribution < 1.29 is 14.3 Å². The van der Waals surface area contributed by atoms with E-state index in [2.05, 4.69) is 10.3 Å². The van der Waals surface area contributed by atoms with Crippen LogP contribution in [0, 0.1) is 12.7 Å². The predicted octanol–water partition coefficient (Wildman–Crippen LogP) is 2.92. The first-order chi connectivity index (χ1) is 14.0. The van der Waals surface area contributed by atoms with E-state index in [1.807, 2.05) is 43.3 Å². The highest BCUT2D eigenvalue weighted by Gasteiger charge is 2.35. The number of halogens is 1. The van der Waals surface area contributed by atoms with Crippen molar-refractivity contribution >= 4 is 5.91 Å². The first-order valence-electron chi connectivity index (χ1n) is 9.69. The molecule has 0 bridgehead atoms. The molecule has 2 aromatic carbocycles. The van der Waals surface area contributed by atoms with E-state index in [0.29, 0.717) is 43.7 Å². The minimum Gasteiger partial charge on any atom is -0.389 e. The maximum absolute atomic E-state index is 13.4. The number of aromatic nitrogens is 3. The molecule has 1 amide bonds. The Kier molecular flexibility index (Phi) is 5.15. The van der Waals surface area contributed by atoms with Crippen molar-refractivity contribution in [2.45, 2.75) is 31.8 Å². The third kappa shape index (κ3) is 4.05. The average Bonchev–Trinajstić information content (AvgIpc) is 3.10. The molecule has 1 fully saturated rings. The highest BCUT2D eigenvalue weighted by Crippen LogP contribution is 2.27. The fraction of sp³-hybridized carbons (Fsp3) is 0.318. The Morgan fingerprint density at radius 2 is 1.86 bits per heavy atom. The Morgan fingerprint density at radius 1 is 1.14 bits per heavy atom. The van der Waals surface area contributed by atoms with Crippen LogP contribution in [0.1, 0.15) is 34.6 Å². The van der Waals surface area contributed by atoms with Crippen LogP contribution in [0.15, 0.2) is 54.6 Å². The van der Waals surface area contributed by atoms with E-state index in [9.17, 15) is 14.3 Å². The maximum atomic E-state index is 13.4. The summed E-state index contributed by atoms with van der Waals surface area (Å²) in [7, 11) is 0. The fourth-order valence-corrected chi connectivity index (χ4v) is 3.82. The molecular formula is C22H23FN4O2. The maximum Gasteiger partial charge on any atom is 0.276 e. The molecule has 1 aromatic heterocycles. The van der Waals surface area contributed by atoms with Gasteiger partial charge in [-0.05, 0) is 49.6 Å². The SMILES string of the molecule is Cc1c(C(=O)N2CCC(O)(Cc3cccc(F)c3)CC2)nnn1-c1ccccc1. The van der Waals surface area contributed by atoms with Crippen LogP contribution in [0.3, 0.4) is 0 Å². The number of rotatable bonds is 4. The first kappa shape index (κ1) is 19.3. The zero-order valence-electron chi connectivity index (χ0n) is 16.3. The van der Waals surface area contributed by atoms with Gasteiger partial charge in [-0.2, -0.15) is 0 Å². The van der Waals surface area contributed by atoms with Gasteiger partial charge in [0.05, 0.1) is 17.0 Å². The Balaban J connectivity index is 1.44. The summed E-state index contributed by atoms with van der Waals surface area (Å²) in [6.07, 6.45) is 1.23. The molecule has 1 saturated heterocycles. The number of para-hydroxylation sites is 1. The summed E-state index contributed by atoms with van der Waals surface area (Å²) < 4.78 is 15.1. The van der Waals surface area contributed by atoms with Gasteiger partial charge in [-0.25, -0.2) is 9.07 Å². The normalized spacial score (nSPS) is 16.0. The molecule has 1 aliphatic rings. The van der Waals surface area contributed by atoms with Gasteiger partial charge in [-0.1, -0.05) is 35.5 Å². The standard InChI is InChI=1S/C22H23FN4O2/c1-16-20(24-25-27(16)19-8-3-2-4-9-19)21(28)26-12-10-22(29,11-13-26)15-17-6-5-7-18(23)14-17/h2-9,14,29H,10-13,15H2,1H3. The summed E-state index contributed by atoms with van der Waals surface area (Å²) in [5, 5.41) is 19.1. The summed E-state index contributed by atoms with van der Waals surface area (Å²) >= 11 is 0. The number of hydrogen-bond donors (Lipinski definition) is 1. The van der Waals surface area contributed by atoms with E-state index in [1.54, 1.807) is 15.6 Å². The van der Waals surface area contributed by atoms with Crippen molar-refractivity contribution in [2.75, 3.05) is 13.1 Å². The molecule has 0 atom stereocenters. The fourth-order valence-electron chi connectivity index (χ4n) is 3.82. The number of carbonyl (C=O) groups is 1. The third-order valence-corrected chi connectivity index (χ3v) is 5.50. The van der Waals surface area contributed by atoms with E-state index in [-0.39, 0.29) is 11.7 Å². The molecule has 0 radical (unpaired) electrons. The van der Waals surface area contributed by atoms with E-state index in [1.165, 1.54) is 12.1 Å². The number of carbonyl (C=O) groups excluding carboxylic acids is 1. The van der Waals surface area contributed by atoms with Crippen LogP contribution in [-0.2, 0) is 6.42 Å². The molecule has 7 heteroatoms. The number of benzene rings is 2. The smallest absolute Gasteiger partial charge is 0.276 e. The molecule has 0 spiro atoms. The summed E-state index contributed by atoms with van der Waals surface area (Å²) in [5.41, 5.74) is 1.67. The molecule has 6 nitrogen and oxygen atoms in total. The predicted molar refractivity (Wildman–Crippen MR) is 106 cm³/mol. The Hall–Kier alpha value is -3.06. The molecule has 3 aromatic rings. The third-order valence-electron chi connectivity index (χ3n) is 5.50. The first-order valence-corrected chi connectivity index (χ1v) is 9.69. The Morgan fingerprint density at radius 3 is 2.55 bits per heavy atom. The van der Waals surface area contributed by atoms with Gasteiger partial charge in [0.25, 0.3) is 5.91 Å². The lowest BCUT2D eigenvalue weighted by Gasteiger charge is -2.38. The molecule has 150 valence electrons. The van der Waals surface area contributed by atoms with Gasteiger partial charge >= 0.3 is 0 Å². The lowest BCUT2D eigenvalue weighted by molar-refractivity contribution is -0.0164. The average molecular weight is 394 g/mol. The van der Waals surface area contributed by atoms with E-state index < -0.39 is 5.60 Å². The zero-order chi connectivity index (χ0) is 20.4. The van der Waals surface area contributed by atoms with Gasteiger partial charge in [0.15, 0.2) is 5.69 Å². The Labute approximate surface area is 168 Å². The minimum atomic E-state index is -0.943. The molecule has 0 unspecified atom stereocenters. The molecule has 4 rings (SSSR count). The highest BCUT2D eigenvalue weighted by molar-refractivity contribution is 5.93. The van der Waals surface area contributed by atoms with Crippen molar-refractivity contribution in [2.24, 2.45) is 0 Å². The van der Waals surface area contributed by atoms with Crippen molar-refractivity contribution in [3.05, 3.63) is 77.4 Å². The van der Waals surface area contributed by atoms with Gasteiger partial charge in [0.1, 0.15) is 5.82 Å². The van der Waals surface area contributed by atoms with Crippen molar-refractivity contribution in [1.82, 2.24) is 19.9 Å². The van der Waals surface area contributed by atoms with Crippen LogP contribution in [0.4, 0.5) is 4.39 Å². The molecule has 0 aliphatic carbocycles. The van der Waals surface area contributed by atoms with Gasteiger partial charge in [-0.3, -0.25) is 4.79 Å². The minimum absolute atomic E-state index is 0.183. The lowest BCUT2D eigenvalue weighted by atomic mass is 9.85. The quantitative estimate of drug-likeness (QED) is 0.739. The number of likely N-dealkylation sites (tertiary alicyclic amines) is 1. The molecule has 2 heterocycles. The van der Waals surface area contributed by atoms with Crippen LogP contribution in [0.5, 0.6) is 0 Å². The topological polar surface area (TPSA) is 71.2 Å². The summed E-state index contributed by atoms with van der Waals surface area (Å²) in [6, 6.07) is 15.8. The largest absolute Gasteiger partial charge is 0.389 e. The number of hydrogen-bond acceptors (Lipinski definition) is 4. The van der Waals surface area contributed by atoms with Crippen molar-refractivity contribution in [3.63, 3.8) is 0 Å². The summed E-state index contributed by atoms with van der Waals surface area (Å²) in [4.78, 5) is 14.7. The van der Waals surface area contributed by atoms with E-state index in [0.717, 1.165) is 11.3 Å². The van der Waals surface area contributed by atoms with Crippen LogP contribution < -0.4 is 0 Å². The van der Waals surface area contributed by atoms with Gasteiger partial charge in [-0.15, -0.1) is 5.10 Å². The van der Waals surface area contributed by atoms with Crippen molar-refractivity contribution in [1.29, 1.82) is 0 Å². The molecule has 0 saturated carbocycles. The van der Waals surface area contributed by atoms with Gasteiger partial charge in [0, 0.05) is 19.5 Å². The second kappa shape index (κ2) is 7.75. The van der Waals surface area contributed by atoms with E-state index in [4.69, 9.17) is 0 Å². The second-order valence-electron chi connectivity index (χ2n) is 7.59. The van der Waals surface area contributed by atoms with Crippen LogP contribution in [0.2, 0.25) is 0 Å². The monoisotopic (exact) mass is 394 g/mol. The number of piperidine rings is 1. The molecule has 1 N–H and O–H groups in total. The molecule has 1 aliphatic heterocycles. The number of aliphatic hydroxyl groups is 1. The lowest BCUT2D eigenvalue weighted by Crippen LogP contribution is -2.48. The second-order valence-corrected chi connectivity index (χ2v) is 7.59. The summed E-state index contributed by atoms with van der Waals surface area (Å²) in [6.45, 7) is 2.66. The highest BCUT2D eigenvalue weighted by atomic mass is 19.1. The van der Waals surface area contributed by atoms with Gasteiger partial charge in [0.2, 0.25) is 0 Å². The van der Waals surface area contributed by atoms with Crippen LogP contribution in [-0.4, -0.2) is 49.6 Å². The Bertz CT molecular complexity index is 1010. The zero-order valence-corrected chi connectivity index (χ0v) is 16.3. The van der Waals surface area contributed by atoms with Crippen LogP contribution in [0.25, 0.3) is 5.69 Å². The number of nitrogens with zero attached hydrogens (tertiary/aromatic N) is 4.